The predicted molar refractivity (Wildman–Crippen MR) is 108 cm³/mol. The highest BCUT2D eigenvalue weighted by Crippen LogP contribution is 2.23. The third-order valence-corrected chi connectivity index (χ3v) is 5.49. The molecular formula is C18H20N6O3S. The van der Waals surface area contributed by atoms with Gasteiger partial charge in [0.15, 0.2) is 16.8 Å². The number of rotatable bonds is 5. The molecule has 0 atom stereocenters. The highest BCUT2D eigenvalue weighted by atomic mass is 32.2. The van der Waals surface area contributed by atoms with Gasteiger partial charge in [0, 0.05) is 26.7 Å². The van der Waals surface area contributed by atoms with E-state index in [-0.39, 0.29) is 17.1 Å². The molecule has 0 amide bonds. The van der Waals surface area contributed by atoms with Gasteiger partial charge >= 0.3 is 5.69 Å². The summed E-state index contributed by atoms with van der Waals surface area (Å²) in [6, 6.07) is 7.87. The van der Waals surface area contributed by atoms with Gasteiger partial charge in [0.2, 0.25) is 0 Å². The van der Waals surface area contributed by atoms with Crippen LogP contribution in [-0.2, 0) is 21.1 Å². The number of carbonyl (C=O) groups is 1. The molecule has 10 heteroatoms. The molecule has 0 fully saturated rings. The Kier molecular flexibility index (Phi) is 5.23. The van der Waals surface area contributed by atoms with E-state index in [1.165, 1.54) is 14.1 Å². The maximum atomic E-state index is 12.6. The molecule has 0 aliphatic heterocycles. The van der Waals surface area contributed by atoms with E-state index in [0.717, 1.165) is 32.0 Å². The summed E-state index contributed by atoms with van der Waals surface area (Å²) in [5, 5.41) is 8.85. The van der Waals surface area contributed by atoms with Gasteiger partial charge in [0.1, 0.15) is 11.4 Å². The quantitative estimate of drug-likeness (QED) is 0.496. The number of nitrogen functional groups attached to an aromatic ring is 1. The highest BCUT2D eigenvalue weighted by molar-refractivity contribution is 7.99. The third kappa shape index (κ3) is 3.38. The molecule has 9 nitrogen and oxygen atoms in total. The lowest BCUT2D eigenvalue weighted by Crippen LogP contribution is -2.41. The summed E-state index contributed by atoms with van der Waals surface area (Å²) in [5.74, 6) is 0.000387. The molecular weight excluding hydrogens is 380 g/mol. The second-order valence-corrected chi connectivity index (χ2v) is 7.35. The number of nitrogens with zero attached hydrogens (tertiary/aromatic N) is 5. The van der Waals surface area contributed by atoms with Crippen LogP contribution in [0.1, 0.15) is 15.9 Å². The number of carbonyl (C=O) groups excluding carboxylic acids is 1. The molecule has 1 aromatic carbocycles. The zero-order valence-electron chi connectivity index (χ0n) is 16.0. The second-order valence-electron chi connectivity index (χ2n) is 6.41. The van der Waals surface area contributed by atoms with Crippen LogP contribution < -0.4 is 17.0 Å². The van der Waals surface area contributed by atoms with Gasteiger partial charge < -0.3 is 10.3 Å². The van der Waals surface area contributed by atoms with Gasteiger partial charge in [-0.15, -0.1) is 10.2 Å². The van der Waals surface area contributed by atoms with Gasteiger partial charge in [-0.05, 0) is 6.92 Å². The first-order valence-corrected chi connectivity index (χ1v) is 9.38. The van der Waals surface area contributed by atoms with Crippen molar-refractivity contribution in [1.82, 2.24) is 23.9 Å². The van der Waals surface area contributed by atoms with Crippen LogP contribution in [-0.4, -0.2) is 35.4 Å². The molecule has 0 saturated carbocycles. The topological polar surface area (TPSA) is 118 Å². The van der Waals surface area contributed by atoms with Gasteiger partial charge in [0.05, 0.1) is 5.75 Å². The number of Topliss-reactive ketones (excluding diaryl/α,β-unsaturated/α-hetero) is 1. The van der Waals surface area contributed by atoms with Gasteiger partial charge in [-0.3, -0.25) is 18.7 Å². The Labute approximate surface area is 164 Å². The lowest BCUT2D eigenvalue weighted by Gasteiger charge is -2.10. The first-order valence-electron chi connectivity index (χ1n) is 8.40. The SMILES string of the molecule is Cc1ccc(-c2nnc(SCC(=O)c3c(N)n(C)c(=O)n(C)c3=O)n2C)cc1. The largest absolute Gasteiger partial charge is 0.384 e. The maximum Gasteiger partial charge on any atom is 0.332 e. The normalized spacial score (nSPS) is 11.0. The Morgan fingerprint density at radius 2 is 1.68 bits per heavy atom. The molecule has 2 heterocycles. The standard InChI is InChI=1S/C18H20N6O3S/c1-10-5-7-11(8-6-10)15-20-21-17(23(15)3)28-9-12(25)13-14(19)22(2)18(27)24(4)16(13)26/h5-8H,9,19H2,1-4H3. The van der Waals surface area contributed by atoms with Crippen molar-refractivity contribution >= 4 is 23.4 Å². The molecule has 0 spiro atoms. The van der Waals surface area contributed by atoms with Crippen molar-refractivity contribution in [1.29, 1.82) is 0 Å². The summed E-state index contributed by atoms with van der Waals surface area (Å²) in [7, 11) is 4.53. The molecule has 0 radical (unpaired) electrons. The molecule has 3 rings (SSSR count). The first-order chi connectivity index (χ1) is 13.2. The van der Waals surface area contributed by atoms with Crippen molar-refractivity contribution in [3.8, 4) is 11.4 Å². The van der Waals surface area contributed by atoms with Gasteiger partial charge in [-0.25, -0.2) is 4.79 Å². The monoisotopic (exact) mass is 400 g/mol. The minimum Gasteiger partial charge on any atom is -0.384 e. The summed E-state index contributed by atoms with van der Waals surface area (Å²) in [6.45, 7) is 2.00. The number of ketones is 1. The van der Waals surface area contributed by atoms with E-state index in [1.807, 2.05) is 38.2 Å². The smallest absolute Gasteiger partial charge is 0.332 e. The van der Waals surface area contributed by atoms with E-state index in [2.05, 4.69) is 10.2 Å². The number of thioether (sulfide) groups is 1. The molecule has 3 aromatic rings. The summed E-state index contributed by atoms with van der Waals surface area (Å²) < 4.78 is 3.73. The number of aryl methyl sites for hydroxylation is 1. The molecule has 2 aromatic heterocycles. The van der Waals surface area contributed by atoms with Crippen LogP contribution in [0, 0.1) is 6.92 Å². The minimum atomic E-state index is -0.704. The first kappa shape index (κ1) is 19.6. The maximum absolute atomic E-state index is 12.6. The number of hydrogen-bond donors (Lipinski definition) is 1. The van der Waals surface area contributed by atoms with E-state index < -0.39 is 17.0 Å². The Bertz CT molecular complexity index is 1170. The van der Waals surface area contributed by atoms with Crippen molar-refractivity contribution in [3.63, 3.8) is 0 Å². The van der Waals surface area contributed by atoms with E-state index in [0.29, 0.717) is 11.0 Å². The van der Waals surface area contributed by atoms with E-state index >= 15 is 0 Å². The average Bonchev–Trinajstić information content (AvgIpc) is 3.04. The molecule has 28 heavy (non-hydrogen) atoms. The molecule has 146 valence electrons. The van der Waals surface area contributed by atoms with E-state index in [9.17, 15) is 14.4 Å². The molecule has 0 aliphatic rings. The van der Waals surface area contributed by atoms with Crippen LogP contribution in [0.5, 0.6) is 0 Å². The third-order valence-electron chi connectivity index (χ3n) is 4.47. The lowest BCUT2D eigenvalue weighted by atomic mass is 10.1. The fourth-order valence-electron chi connectivity index (χ4n) is 2.72. The number of anilines is 1. The molecule has 2 N–H and O–H groups in total. The number of benzene rings is 1. The highest BCUT2D eigenvalue weighted by Gasteiger charge is 2.21. The number of hydrogen-bond acceptors (Lipinski definition) is 7. The summed E-state index contributed by atoms with van der Waals surface area (Å²) >= 11 is 1.15. The van der Waals surface area contributed by atoms with Gasteiger partial charge in [-0.2, -0.15) is 0 Å². The minimum absolute atomic E-state index is 0.0580. The molecule has 0 bridgehead atoms. The van der Waals surface area contributed by atoms with Crippen LogP contribution in [0.15, 0.2) is 39.0 Å². The van der Waals surface area contributed by atoms with Crippen LogP contribution >= 0.6 is 11.8 Å². The second kappa shape index (κ2) is 7.47. The summed E-state index contributed by atoms with van der Waals surface area (Å²) in [6.07, 6.45) is 0. The van der Waals surface area contributed by atoms with E-state index in [4.69, 9.17) is 5.73 Å². The van der Waals surface area contributed by atoms with Crippen LogP contribution in [0.2, 0.25) is 0 Å². The van der Waals surface area contributed by atoms with Gasteiger partial charge in [0.25, 0.3) is 5.56 Å². The summed E-state index contributed by atoms with van der Waals surface area (Å²) in [4.78, 5) is 36.8. The van der Waals surface area contributed by atoms with Crippen LogP contribution in [0.25, 0.3) is 11.4 Å². The number of aromatic nitrogens is 5. The Hall–Kier alpha value is -3.14. The lowest BCUT2D eigenvalue weighted by molar-refractivity contribution is 0.102. The van der Waals surface area contributed by atoms with E-state index in [1.54, 1.807) is 4.57 Å². The van der Waals surface area contributed by atoms with Crippen molar-refractivity contribution in [2.24, 2.45) is 21.1 Å². The average molecular weight is 400 g/mol. The summed E-state index contributed by atoms with van der Waals surface area (Å²) in [5.41, 5.74) is 6.40. The molecule has 0 unspecified atom stereocenters. The molecule has 0 saturated heterocycles. The Balaban J connectivity index is 1.84. The van der Waals surface area contributed by atoms with Crippen LogP contribution in [0.3, 0.4) is 0 Å². The number of nitrogens with two attached hydrogens (primary N) is 1. The zero-order valence-corrected chi connectivity index (χ0v) is 16.8. The molecule has 0 aliphatic carbocycles. The Morgan fingerprint density at radius 3 is 2.32 bits per heavy atom. The zero-order chi connectivity index (χ0) is 20.6. The Morgan fingerprint density at radius 1 is 1.04 bits per heavy atom. The fourth-order valence-corrected chi connectivity index (χ4v) is 3.50. The van der Waals surface area contributed by atoms with Crippen molar-refractivity contribution in [2.75, 3.05) is 11.5 Å². The fraction of sp³-hybridized carbons (Fsp3) is 0.278. The van der Waals surface area contributed by atoms with Crippen LogP contribution in [0.4, 0.5) is 5.82 Å². The predicted octanol–water partition coefficient (Wildman–Crippen LogP) is 0.745. The van der Waals surface area contributed by atoms with Crippen molar-refractivity contribution < 1.29 is 4.79 Å². The van der Waals surface area contributed by atoms with Gasteiger partial charge in [-0.1, -0.05) is 41.6 Å². The van der Waals surface area contributed by atoms with Crippen molar-refractivity contribution in [2.45, 2.75) is 12.1 Å². The van der Waals surface area contributed by atoms with Crippen molar-refractivity contribution in [3.05, 3.63) is 56.2 Å².